The van der Waals surface area contributed by atoms with Crippen molar-refractivity contribution >= 4 is 5.97 Å². The normalized spacial score (nSPS) is 19.1. The molecule has 0 unspecified atom stereocenters. The Labute approximate surface area is 41.8 Å². The van der Waals surface area contributed by atoms with E-state index in [1.54, 1.807) is 0 Å². The molecule has 1 heterocycles. The van der Waals surface area contributed by atoms with Crippen molar-refractivity contribution in [3.05, 3.63) is 12.2 Å². The number of carbonyl (C=O) groups excluding carboxylic acids is 1. The lowest BCUT2D eigenvalue weighted by Gasteiger charge is -2.01. The van der Waals surface area contributed by atoms with E-state index >= 15 is 0 Å². The molecular formula is C5H6O2. The lowest BCUT2D eigenvalue weighted by atomic mass is 10.3. The first-order valence-corrected chi connectivity index (χ1v) is 2.20. The maximum Gasteiger partial charge on any atom is 0.309 e. The van der Waals surface area contributed by atoms with E-state index in [1.807, 2.05) is 12.2 Å². The first-order chi connectivity index (χ1) is 3.39. The second kappa shape index (κ2) is 1.78. The van der Waals surface area contributed by atoms with Gasteiger partial charge in [-0.3, -0.25) is 4.79 Å². The zero-order valence-electron chi connectivity index (χ0n) is 3.89. The van der Waals surface area contributed by atoms with Gasteiger partial charge in [0.15, 0.2) is 0 Å². The van der Waals surface area contributed by atoms with Crippen LogP contribution in [0.5, 0.6) is 0 Å². The zero-order chi connectivity index (χ0) is 5.11. The molecule has 0 aliphatic carbocycles. The van der Waals surface area contributed by atoms with E-state index in [2.05, 4.69) is 4.74 Å². The maximum atomic E-state index is 10.2. The van der Waals surface area contributed by atoms with Crippen LogP contribution in [0.15, 0.2) is 12.2 Å². The molecule has 0 saturated heterocycles. The van der Waals surface area contributed by atoms with Gasteiger partial charge in [0.1, 0.15) is 6.61 Å². The molecule has 2 nitrogen and oxygen atoms in total. The lowest BCUT2D eigenvalue weighted by Crippen LogP contribution is -2.06. The first-order valence-electron chi connectivity index (χ1n) is 2.20. The van der Waals surface area contributed by atoms with Gasteiger partial charge in [-0.1, -0.05) is 12.2 Å². The molecule has 0 aromatic carbocycles. The summed E-state index contributed by atoms with van der Waals surface area (Å²) in [5.74, 6) is -0.123. The predicted molar refractivity (Wildman–Crippen MR) is 24.7 cm³/mol. The van der Waals surface area contributed by atoms with Gasteiger partial charge in [-0.15, -0.1) is 0 Å². The monoisotopic (exact) mass is 98.0 g/mol. The molecule has 1 aliphatic rings. The highest BCUT2D eigenvalue weighted by molar-refractivity contribution is 5.72. The van der Waals surface area contributed by atoms with Gasteiger partial charge in [0.05, 0.1) is 6.42 Å². The quantitative estimate of drug-likeness (QED) is 0.325. The Balaban J connectivity index is 2.47. The van der Waals surface area contributed by atoms with Gasteiger partial charge in [0.25, 0.3) is 0 Å². The summed E-state index contributed by atoms with van der Waals surface area (Å²) >= 11 is 0. The van der Waals surface area contributed by atoms with E-state index in [-0.39, 0.29) is 5.97 Å². The summed E-state index contributed by atoms with van der Waals surface area (Å²) in [4.78, 5) is 10.2. The van der Waals surface area contributed by atoms with Crippen molar-refractivity contribution in [3.63, 3.8) is 0 Å². The van der Waals surface area contributed by atoms with Crippen LogP contribution in [0, 0.1) is 0 Å². The Kier molecular flexibility index (Phi) is 1.11. The third-order valence-corrected chi connectivity index (χ3v) is 0.792. The topological polar surface area (TPSA) is 26.3 Å². The third kappa shape index (κ3) is 1.03. The molecule has 0 atom stereocenters. The molecular weight excluding hydrogens is 92.1 g/mol. The summed E-state index contributed by atoms with van der Waals surface area (Å²) in [5.41, 5.74) is 0. The molecule has 1 aliphatic heterocycles. The summed E-state index contributed by atoms with van der Waals surface area (Å²) in [5, 5.41) is 0. The van der Waals surface area contributed by atoms with Crippen LogP contribution in [0.4, 0.5) is 0 Å². The van der Waals surface area contributed by atoms with Gasteiger partial charge in [-0.25, -0.2) is 0 Å². The highest BCUT2D eigenvalue weighted by atomic mass is 16.5. The minimum absolute atomic E-state index is 0.123. The number of esters is 1. The van der Waals surface area contributed by atoms with Gasteiger partial charge in [0, 0.05) is 0 Å². The molecule has 0 aromatic rings. The molecule has 0 spiro atoms. The summed E-state index contributed by atoms with van der Waals surface area (Å²) < 4.78 is 4.55. The first kappa shape index (κ1) is 4.37. The molecule has 0 N–H and O–H groups in total. The largest absolute Gasteiger partial charge is 0.461 e. The zero-order valence-corrected chi connectivity index (χ0v) is 3.89. The number of carbonyl (C=O) groups is 1. The molecule has 0 bridgehead atoms. The Hall–Kier alpha value is -0.790. The van der Waals surface area contributed by atoms with Crippen LogP contribution in [-0.2, 0) is 9.53 Å². The number of rotatable bonds is 0. The van der Waals surface area contributed by atoms with Crippen molar-refractivity contribution in [2.45, 2.75) is 6.42 Å². The van der Waals surface area contributed by atoms with Gasteiger partial charge in [-0.2, -0.15) is 0 Å². The second-order valence-electron chi connectivity index (χ2n) is 1.36. The van der Waals surface area contributed by atoms with Crippen molar-refractivity contribution < 1.29 is 9.53 Å². The number of hydrogen-bond donors (Lipinski definition) is 0. The van der Waals surface area contributed by atoms with E-state index in [0.717, 1.165) is 0 Å². The van der Waals surface area contributed by atoms with Crippen molar-refractivity contribution in [1.29, 1.82) is 0 Å². The van der Waals surface area contributed by atoms with Crippen LogP contribution in [-0.4, -0.2) is 12.6 Å². The minimum Gasteiger partial charge on any atom is -0.461 e. The fourth-order valence-corrected chi connectivity index (χ4v) is 0.448. The van der Waals surface area contributed by atoms with Crippen LogP contribution in [0.1, 0.15) is 6.42 Å². The Morgan fingerprint density at radius 2 is 2.43 bits per heavy atom. The molecule has 0 amide bonds. The Bertz CT molecular complexity index is 105. The van der Waals surface area contributed by atoms with E-state index in [1.165, 1.54) is 0 Å². The van der Waals surface area contributed by atoms with Gasteiger partial charge in [0.2, 0.25) is 0 Å². The van der Waals surface area contributed by atoms with Crippen LogP contribution in [0.2, 0.25) is 0 Å². The molecule has 1 rings (SSSR count). The van der Waals surface area contributed by atoms with Crippen LogP contribution >= 0.6 is 0 Å². The summed E-state index contributed by atoms with van der Waals surface area (Å²) in [6.07, 6.45) is 4.09. The SMILES string of the molecule is O=C1CC=CCO1. The van der Waals surface area contributed by atoms with E-state index in [9.17, 15) is 4.79 Å². The van der Waals surface area contributed by atoms with Crippen molar-refractivity contribution in [2.75, 3.05) is 6.61 Å². The van der Waals surface area contributed by atoms with E-state index < -0.39 is 0 Å². The standard InChI is InChI=1S/C5H6O2/c6-5-3-1-2-4-7-5/h1-2H,3-4H2. The summed E-state index contributed by atoms with van der Waals surface area (Å²) in [6, 6.07) is 0. The van der Waals surface area contributed by atoms with Gasteiger partial charge in [-0.05, 0) is 0 Å². The summed E-state index contributed by atoms with van der Waals surface area (Å²) in [6.45, 7) is 0.457. The van der Waals surface area contributed by atoms with Crippen LogP contribution in [0.3, 0.4) is 0 Å². The molecule has 0 aromatic heterocycles. The molecule has 0 saturated carbocycles. The fraction of sp³-hybridized carbons (Fsp3) is 0.400. The highest BCUT2D eigenvalue weighted by Gasteiger charge is 2.00. The van der Waals surface area contributed by atoms with Crippen molar-refractivity contribution in [3.8, 4) is 0 Å². The number of ether oxygens (including phenoxy) is 1. The van der Waals surface area contributed by atoms with Crippen molar-refractivity contribution in [2.24, 2.45) is 0 Å². The summed E-state index contributed by atoms with van der Waals surface area (Å²) in [7, 11) is 0. The Morgan fingerprint density at radius 1 is 1.57 bits per heavy atom. The third-order valence-electron chi connectivity index (χ3n) is 0.792. The van der Waals surface area contributed by atoms with Crippen molar-refractivity contribution in [1.82, 2.24) is 0 Å². The fourth-order valence-electron chi connectivity index (χ4n) is 0.448. The minimum atomic E-state index is -0.123. The predicted octanol–water partition coefficient (Wildman–Crippen LogP) is 0.489. The smallest absolute Gasteiger partial charge is 0.309 e. The molecule has 0 fully saturated rings. The van der Waals surface area contributed by atoms with Crippen LogP contribution < -0.4 is 0 Å². The van der Waals surface area contributed by atoms with E-state index in [0.29, 0.717) is 13.0 Å². The lowest BCUT2D eigenvalue weighted by molar-refractivity contribution is -0.142. The molecule has 38 valence electrons. The molecule has 2 heteroatoms. The number of cyclic esters (lactones) is 1. The van der Waals surface area contributed by atoms with Crippen LogP contribution in [0.25, 0.3) is 0 Å². The highest BCUT2D eigenvalue weighted by Crippen LogP contribution is 1.94. The van der Waals surface area contributed by atoms with Gasteiger partial charge >= 0.3 is 5.97 Å². The van der Waals surface area contributed by atoms with E-state index in [4.69, 9.17) is 0 Å². The molecule has 7 heavy (non-hydrogen) atoms. The van der Waals surface area contributed by atoms with Gasteiger partial charge < -0.3 is 4.74 Å². The average Bonchev–Trinajstić information content (AvgIpc) is 1.69. The molecule has 0 radical (unpaired) electrons. The maximum absolute atomic E-state index is 10.2. The second-order valence-corrected chi connectivity index (χ2v) is 1.36. The average molecular weight is 98.1 g/mol. The Morgan fingerprint density at radius 3 is 2.71 bits per heavy atom. The number of hydrogen-bond acceptors (Lipinski definition) is 2.